The highest BCUT2D eigenvalue weighted by Crippen LogP contribution is 2.29. The van der Waals surface area contributed by atoms with Crippen molar-refractivity contribution in [2.45, 2.75) is 42.7 Å². The number of nitrogens with zero attached hydrogens (tertiary/aromatic N) is 2. The molecule has 3 rings (SSSR count). The van der Waals surface area contributed by atoms with E-state index in [0.29, 0.717) is 32.2 Å². The van der Waals surface area contributed by atoms with E-state index in [1.165, 1.54) is 4.31 Å². The van der Waals surface area contributed by atoms with E-state index in [0.717, 1.165) is 0 Å². The number of sulfonamides is 1. The first-order valence-electron chi connectivity index (χ1n) is 8.39. The van der Waals surface area contributed by atoms with Gasteiger partial charge in [-0.15, -0.1) is 0 Å². The Labute approximate surface area is 143 Å². The largest absolute Gasteiger partial charge is 0.393 e. The molecule has 7 heteroatoms. The molecule has 1 aliphatic carbocycles. The first-order chi connectivity index (χ1) is 11.4. The predicted molar refractivity (Wildman–Crippen MR) is 89.7 cm³/mol. The van der Waals surface area contributed by atoms with Crippen LogP contribution in [0.4, 0.5) is 0 Å². The smallest absolute Gasteiger partial charge is 0.243 e. The second kappa shape index (κ2) is 6.82. The van der Waals surface area contributed by atoms with E-state index in [9.17, 15) is 18.3 Å². The molecule has 0 unspecified atom stereocenters. The molecule has 1 N–H and O–H groups in total. The summed E-state index contributed by atoms with van der Waals surface area (Å²) in [5.74, 6) is -0.320. The fourth-order valence-corrected chi connectivity index (χ4v) is 4.99. The average molecular weight is 352 g/mol. The summed E-state index contributed by atoms with van der Waals surface area (Å²) in [6.45, 7) is 0.683. The number of carbonyl (C=O) groups excluding carboxylic acids is 1. The van der Waals surface area contributed by atoms with Crippen LogP contribution in [0.1, 0.15) is 25.7 Å². The third-order valence-electron chi connectivity index (χ3n) is 5.10. The van der Waals surface area contributed by atoms with Gasteiger partial charge in [0.25, 0.3) is 0 Å². The number of piperidine rings is 1. The molecular formula is C17H24N2O4S. The number of benzene rings is 1. The van der Waals surface area contributed by atoms with Gasteiger partial charge in [-0.25, -0.2) is 8.42 Å². The molecule has 1 heterocycles. The zero-order valence-electron chi connectivity index (χ0n) is 13.8. The Morgan fingerprint density at radius 2 is 1.92 bits per heavy atom. The molecule has 1 aliphatic heterocycles. The minimum absolute atomic E-state index is 0.0140. The molecule has 0 bridgehead atoms. The maximum atomic E-state index is 12.7. The van der Waals surface area contributed by atoms with Crippen LogP contribution in [-0.4, -0.2) is 60.9 Å². The van der Waals surface area contributed by atoms with Gasteiger partial charge in [-0.1, -0.05) is 18.2 Å². The minimum atomic E-state index is -3.55. The monoisotopic (exact) mass is 352 g/mol. The van der Waals surface area contributed by atoms with Crippen LogP contribution in [0.2, 0.25) is 0 Å². The zero-order chi connectivity index (χ0) is 17.3. The number of amides is 1. The summed E-state index contributed by atoms with van der Waals surface area (Å²) in [6, 6.07) is 8.44. The van der Waals surface area contributed by atoms with Crippen molar-refractivity contribution >= 4 is 15.9 Å². The molecular weight excluding hydrogens is 328 g/mol. The summed E-state index contributed by atoms with van der Waals surface area (Å²) < 4.78 is 26.9. The molecule has 24 heavy (non-hydrogen) atoms. The maximum Gasteiger partial charge on any atom is 0.243 e. The topological polar surface area (TPSA) is 77.9 Å². The Balaban J connectivity index is 1.69. The van der Waals surface area contributed by atoms with Crippen molar-refractivity contribution in [2.75, 3.05) is 20.1 Å². The number of aliphatic hydroxyl groups excluding tert-OH is 1. The molecule has 2 aliphatic rings. The van der Waals surface area contributed by atoms with Crippen LogP contribution in [0.3, 0.4) is 0 Å². The zero-order valence-corrected chi connectivity index (χ0v) is 14.7. The van der Waals surface area contributed by atoms with E-state index in [-0.39, 0.29) is 35.4 Å². The third kappa shape index (κ3) is 3.34. The SMILES string of the molecule is CN(C(=O)[C@@H]1CCCN(S(=O)(=O)c2ccccc2)C1)C1CC(O)C1. The fourth-order valence-electron chi connectivity index (χ4n) is 3.45. The van der Waals surface area contributed by atoms with E-state index in [1.54, 1.807) is 42.3 Å². The average Bonchev–Trinajstić information content (AvgIpc) is 2.58. The van der Waals surface area contributed by atoms with Crippen molar-refractivity contribution in [1.29, 1.82) is 0 Å². The quantitative estimate of drug-likeness (QED) is 0.879. The second-order valence-corrected chi connectivity index (χ2v) is 8.68. The van der Waals surface area contributed by atoms with Crippen LogP contribution >= 0.6 is 0 Å². The normalized spacial score (nSPS) is 28.2. The lowest BCUT2D eigenvalue weighted by atomic mass is 9.87. The lowest BCUT2D eigenvalue weighted by molar-refractivity contribution is -0.141. The summed E-state index contributed by atoms with van der Waals surface area (Å²) in [6.07, 6.45) is 2.30. The number of hydrogen-bond acceptors (Lipinski definition) is 4. The molecule has 0 aromatic heterocycles. The predicted octanol–water partition coefficient (Wildman–Crippen LogP) is 1.07. The van der Waals surface area contributed by atoms with E-state index in [1.807, 2.05) is 0 Å². The number of hydrogen-bond donors (Lipinski definition) is 1. The van der Waals surface area contributed by atoms with Gasteiger partial charge in [-0.2, -0.15) is 4.31 Å². The maximum absolute atomic E-state index is 12.7. The molecule has 132 valence electrons. The molecule has 1 aromatic carbocycles. The molecule has 0 spiro atoms. The van der Waals surface area contributed by atoms with Gasteiger partial charge in [0.15, 0.2) is 0 Å². The molecule has 1 amide bonds. The van der Waals surface area contributed by atoms with Gasteiger partial charge in [-0.3, -0.25) is 4.79 Å². The Hall–Kier alpha value is -1.44. The van der Waals surface area contributed by atoms with Crippen LogP contribution in [0.25, 0.3) is 0 Å². The van der Waals surface area contributed by atoms with Crippen LogP contribution in [0.15, 0.2) is 35.2 Å². The first-order valence-corrected chi connectivity index (χ1v) is 9.83. The van der Waals surface area contributed by atoms with Gasteiger partial charge < -0.3 is 10.0 Å². The molecule has 6 nitrogen and oxygen atoms in total. The van der Waals surface area contributed by atoms with Gasteiger partial charge in [0.2, 0.25) is 15.9 Å². The van der Waals surface area contributed by atoms with Crippen molar-refractivity contribution < 1.29 is 18.3 Å². The molecule has 1 saturated heterocycles. The van der Waals surface area contributed by atoms with Crippen LogP contribution in [0.5, 0.6) is 0 Å². The van der Waals surface area contributed by atoms with Crippen LogP contribution in [-0.2, 0) is 14.8 Å². The van der Waals surface area contributed by atoms with E-state index < -0.39 is 10.0 Å². The minimum Gasteiger partial charge on any atom is -0.393 e. The summed E-state index contributed by atoms with van der Waals surface area (Å²) in [7, 11) is -1.80. The van der Waals surface area contributed by atoms with Crippen molar-refractivity contribution in [1.82, 2.24) is 9.21 Å². The fraction of sp³-hybridized carbons (Fsp3) is 0.588. The van der Waals surface area contributed by atoms with Gasteiger partial charge in [-0.05, 0) is 37.8 Å². The van der Waals surface area contributed by atoms with E-state index >= 15 is 0 Å². The number of carbonyl (C=O) groups is 1. The van der Waals surface area contributed by atoms with Crippen molar-refractivity contribution in [3.63, 3.8) is 0 Å². The van der Waals surface area contributed by atoms with Crippen LogP contribution in [0, 0.1) is 5.92 Å². The van der Waals surface area contributed by atoms with Crippen molar-refractivity contribution in [3.05, 3.63) is 30.3 Å². The lowest BCUT2D eigenvalue weighted by Gasteiger charge is -2.41. The Morgan fingerprint density at radius 1 is 1.25 bits per heavy atom. The second-order valence-electron chi connectivity index (χ2n) is 6.74. The first kappa shape index (κ1) is 17.4. The van der Waals surface area contributed by atoms with Gasteiger partial charge in [0.05, 0.1) is 16.9 Å². The molecule has 0 radical (unpaired) electrons. The summed E-state index contributed by atoms with van der Waals surface area (Å²) in [5, 5.41) is 9.41. The van der Waals surface area contributed by atoms with E-state index in [2.05, 4.69) is 0 Å². The highest BCUT2D eigenvalue weighted by Gasteiger charge is 2.38. The van der Waals surface area contributed by atoms with Crippen molar-refractivity contribution in [3.8, 4) is 0 Å². The Kier molecular flexibility index (Phi) is 4.94. The Morgan fingerprint density at radius 3 is 2.54 bits per heavy atom. The van der Waals surface area contributed by atoms with E-state index in [4.69, 9.17) is 0 Å². The molecule has 2 fully saturated rings. The molecule has 1 saturated carbocycles. The standard InChI is InChI=1S/C17H24N2O4S/c1-18(14-10-15(20)11-14)17(21)13-6-5-9-19(12-13)24(22,23)16-7-3-2-4-8-16/h2-4,7-8,13-15,20H,5-6,9-12H2,1H3/t13-,14?,15?/m1/s1. The summed E-state index contributed by atoms with van der Waals surface area (Å²) in [5.41, 5.74) is 0. The summed E-state index contributed by atoms with van der Waals surface area (Å²) in [4.78, 5) is 14.6. The van der Waals surface area contributed by atoms with Gasteiger partial charge in [0, 0.05) is 26.2 Å². The highest BCUT2D eigenvalue weighted by atomic mass is 32.2. The van der Waals surface area contributed by atoms with Crippen LogP contribution < -0.4 is 0 Å². The molecule has 1 atom stereocenters. The number of rotatable bonds is 4. The van der Waals surface area contributed by atoms with Gasteiger partial charge >= 0.3 is 0 Å². The lowest BCUT2D eigenvalue weighted by Crippen LogP contribution is -2.52. The van der Waals surface area contributed by atoms with Crippen molar-refractivity contribution in [2.24, 2.45) is 5.92 Å². The number of aliphatic hydroxyl groups is 1. The third-order valence-corrected chi connectivity index (χ3v) is 6.98. The Bertz CT molecular complexity index is 686. The molecule has 1 aromatic rings. The van der Waals surface area contributed by atoms with Gasteiger partial charge in [0.1, 0.15) is 0 Å². The highest BCUT2D eigenvalue weighted by molar-refractivity contribution is 7.89. The summed E-state index contributed by atoms with van der Waals surface area (Å²) >= 11 is 0.